The minimum Gasteiger partial charge on any atom is -0.353 e. The van der Waals surface area contributed by atoms with Crippen molar-refractivity contribution in [3.8, 4) is 0 Å². The number of piperidine rings is 1. The first-order valence-corrected chi connectivity index (χ1v) is 11.5. The van der Waals surface area contributed by atoms with E-state index in [2.05, 4.69) is 15.7 Å². The second-order valence-electron chi connectivity index (χ2n) is 7.82. The Morgan fingerprint density at radius 3 is 2.63 bits per heavy atom. The fourth-order valence-corrected chi connectivity index (χ4v) is 6.11. The molecule has 2 fully saturated rings. The number of likely N-dealkylation sites (tertiary alicyclic amines) is 1. The van der Waals surface area contributed by atoms with Crippen LogP contribution in [0.4, 0.5) is 4.79 Å². The maximum atomic E-state index is 12.7. The highest BCUT2D eigenvalue weighted by Crippen LogP contribution is 2.35. The number of hydrogen-bond acceptors (Lipinski definition) is 5. The van der Waals surface area contributed by atoms with Gasteiger partial charge >= 0.3 is 6.03 Å². The molecule has 0 aromatic carbocycles. The Bertz CT molecular complexity index is 656. The van der Waals surface area contributed by atoms with Gasteiger partial charge in [-0.05, 0) is 45.4 Å². The molecule has 0 bridgehead atoms. The van der Waals surface area contributed by atoms with Crippen LogP contribution in [-0.2, 0) is 4.79 Å². The van der Waals surface area contributed by atoms with Crippen molar-refractivity contribution in [1.82, 2.24) is 20.1 Å². The number of rotatable bonds is 4. The van der Waals surface area contributed by atoms with Crippen LogP contribution < -0.4 is 5.32 Å². The van der Waals surface area contributed by atoms with Crippen molar-refractivity contribution in [2.75, 3.05) is 27.2 Å². The molecule has 0 radical (unpaired) electrons. The van der Waals surface area contributed by atoms with E-state index in [1.54, 1.807) is 35.2 Å². The molecule has 2 heterocycles. The molecular weight excluding hydrogens is 380 g/mol. The summed E-state index contributed by atoms with van der Waals surface area (Å²) in [4.78, 5) is 32.8. The number of hydrogen-bond donors (Lipinski definition) is 1. The zero-order valence-corrected chi connectivity index (χ0v) is 18.1. The van der Waals surface area contributed by atoms with Crippen LogP contribution in [0.3, 0.4) is 0 Å². The zero-order chi connectivity index (χ0) is 19.4. The molecule has 1 N–H and O–H groups in total. The fraction of sp³-hybridized carbons (Fsp3) is 0.737. The molecule has 8 heteroatoms. The molecule has 0 spiro atoms. The lowest BCUT2D eigenvalue weighted by Crippen LogP contribution is -2.50. The molecule has 3 amide bonds. The molecule has 1 aromatic heterocycles. The summed E-state index contributed by atoms with van der Waals surface area (Å²) in [6.07, 6.45) is 6.06. The highest BCUT2D eigenvalue weighted by atomic mass is 32.2. The third-order valence-corrected chi connectivity index (χ3v) is 7.76. The molecule has 1 aromatic rings. The normalized spacial score (nSPS) is 25.9. The maximum Gasteiger partial charge on any atom is 0.319 e. The van der Waals surface area contributed by atoms with Gasteiger partial charge in [-0.15, -0.1) is 11.3 Å². The summed E-state index contributed by atoms with van der Waals surface area (Å²) < 4.78 is 1.16. The van der Waals surface area contributed by atoms with Gasteiger partial charge < -0.3 is 15.1 Å². The van der Waals surface area contributed by atoms with E-state index >= 15 is 0 Å². The first-order valence-electron chi connectivity index (χ1n) is 9.77. The van der Waals surface area contributed by atoms with E-state index in [1.807, 2.05) is 18.7 Å². The van der Waals surface area contributed by atoms with Crippen LogP contribution in [0.2, 0.25) is 0 Å². The van der Waals surface area contributed by atoms with E-state index in [-0.39, 0.29) is 23.9 Å². The smallest absolute Gasteiger partial charge is 0.319 e. The van der Waals surface area contributed by atoms with E-state index in [0.717, 1.165) is 55.1 Å². The molecule has 6 nitrogen and oxygen atoms in total. The Balaban J connectivity index is 1.43. The van der Waals surface area contributed by atoms with Crippen molar-refractivity contribution in [3.63, 3.8) is 0 Å². The van der Waals surface area contributed by atoms with E-state index < -0.39 is 0 Å². The number of aryl methyl sites for hydroxylation is 1. The average molecular weight is 411 g/mol. The first kappa shape index (κ1) is 20.5. The van der Waals surface area contributed by atoms with E-state index in [0.29, 0.717) is 11.8 Å². The van der Waals surface area contributed by atoms with Gasteiger partial charge in [0.25, 0.3) is 0 Å². The minimum atomic E-state index is -0.0759. The highest BCUT2D eigenvalue weighted by Gasteiger charge is 2.31. The molecule has 2 aliphatic rings. The van der Waals surface area contributed by atoms with E-state index in [1.165, 1.54) is 0 Å². The van der Waals surface area contributed by atoms with Crippen molar-refractivity contribution < 1.29 is 9.59 Å². The van der Waals surface area contributed by atoms with Crippen LogP contribution in [0, 0.1) is 12.8 Å². The lowest BCUT2D eigenvalue weighted by atomic mass is 9.92. The van der Waals surface area contributed by atoms with Crippen molar-refractivity contribution in [2.24, 2.45) is 5.92 Å². The summed E-state index contributed by atoms with van der Waals surface area (Å²) in [5.41, 5.74) is 1.10. The minimum absolute atomic E-state index is 0.00227. The molecular formula is C19H30N4O2S2. The summed E-state index contributed by atoms with van der Waals surface area (Å²) in [6, 6.07) is 0.273. The van der Waals surface area contributed by atoms with E-state index in [9.17, 15) is 9.59 Å². The van der Waals surface area contributed by atoms with Gasteiger partial charge in [-0.1, -0.05) is 11.8 Å². The van der Waals surface area contributed by atoms with Crippen molar-refractivity contribution in [2.45, 2.75) is 61.1 Å². The van der Waals surface area contributed by atoms with Crippen LogP contribution in [0.1, 0.15) is 44.2 Å². The highest BCUT2D eigenvalue weighted by molar-refractivity contribution is 8.01. The number of amides is 3. The summed E-state index contributed by atoms with van der Waals surface area (Å²) in [5.74, 6) is 0.0472. The van der Waals surface area contributed by atoms with Gasteiger partial charge in [-0.25, -0.2) is 9.78 Å². The molecule has 27 heavy (non-hydrogen) atoms. The molecule has 1 unspecified atom stereocenters. The Hall–Kier alpha value is -1.28. The Kier molecular flexibility index (Phi) is 7.03. The number of carbonyl (C=O) groups is 2. The number of aromatic nitrogens is 1. The van der Waals surface area contributed by atoms with Crippen molar-refractivity contribution in [3.05, 3.63) is 11.1 Å². The number of nitrogens with zero attached hydrogens (tertiary/aromatic N) is 3. The van der Waals surface area contributed by atoms with Crippen LogP contribution in [0.15, 0.2) is 9.72 Å². The summed E-state index contributed by atoms with van der Waals surface area (Å²) >= 11 is 3.61. The largest absolute Gasteiger partial charge is 0.353 e. The fourth-order valence-electron chi connectivity index (χ4n) is 3.82. The number of thioether (sulfide) groups is 1. The van der Waals surface area contributed by atoms with Crippen LogP contribution in [-0.4, -0.2) is 65.2 Å². The quantitative estimate of drug-likeness (QED) is 0.827. The van der Waals surface area contributed by atoms with Gasteiger partial charge in [-0.3, -0.25) is 4.79 Å². The van der Waals surface area contributed by atoms with Gasteiger partial charge in [0.15, 0.2) is 0 Å². The summed E-state index contributed by atoms with van der Waals surface area (Å²) in [5, 5.41) is 5.96. The predicted octanol–water partition coefficient (Wildman–Crippen LogP) is 3.36. The van der Waals surface area contributed by atoms with Crippen LogP contribution in [0.5, 0.6) is 0 Å². The predicted molar refractivity (Wildman–Crippen MR) is 110 cm³/mol. The molecule has 1 saturated carbocycles. The van der Waals surface area contributed by atoms with Gasteiger partial charge in [0.2, 0.25) is 5.91 Å². The van der Waals surface area contributed by atoms with Crippen LogP contribution in [0.25, 0.3) is 0 Å². The maximum absolute atomic E-state index is 12.7. The second-order valence-corrected chi connectivity index (χ2v) is 10.2. The Morgan fingerprint density at radius 2 is 2.00 bits per heavy atom. The topological polar surface area (TPSA) is 65.5 Å². The molecule has 1 saturated heterocycles. The van der Waals surface area contributed by atoms with E-state index in [4.69, 9.17) is 0 Å². The van der Waals surface area contributed by atoms with Gasteiger partial charge in [0, 0.05) is 49.6 Å². The number of urea groups is 1. The Morgan fingerprint density at radius 1 is 1.26 bits per heavy atom. The third-order valence-electron chi connectivity index (χ3n) is 5.33. The number of carbonyl (C=O) groups excluding carboxylic acids is 2. The molecule has 150 valence electrons. The number of nitrogens with one attached hydrogen (secondary N) is 1. The van der Waals surface area contributed by atoms with Gasteiger partial charge in [0.1, 0.15) is 4.34 Å². The lowest BCUT2D eigenvalue weighted by molar-refractivity contribution is -0.127. The molecule has 1 aliphatic carbocycles. The number of thiazole rings is 1. The molecule has 3 rings (SSSR count). The third kappa shape index (κ3) is 5.60. The van der Waals surface area contributed by atoms with Crippen molar-refractivity contribution >= 4 is 35.0 Å². The first-order chi connectivity index (χ1) is 12.9. The van der Waals surface area contributed by atoms with Gasteiger partial charge in [-0.2, -0.15) is 0 Å². The average Bonchev–Trinajstić information content (AvgIpc) is 3.07. The van der Waals surface area contributed by atoms with Gasteiger partial charge in [0.05, 0.1) is 5.92 Å². The molecule has 1 aliphatic heterocycles. The Labute approximate surface area is 170 Å². The second kappa shape index (κ2) is 9.28. The monoisotopic (exact) mass is 410 g/mol. The van der Waals surface area contributed by atoms with Crippen LogP contribution >= 0.6 is 23.1 Å². The summed E-state index contributed by atoms with van der Waals surface area (Å²) in [7, 11) is 3.52. The summed E-state index contributed by atoms with van der Waals surface area (Å²) in [6.45, 7) is 3.32. The zero-order valence-electron chi connectivity index (χ0n) is 16.4. The van der Waals surface area contributed by atoms with Crippen molar-refractivity contribution in [1.29, 1.82) is 0 Å². The molecule has 1 atom stereocenters. The SMILES string of the molecule is Cc1csc(SC2CCC(NC(=O)C3CCCN(C(=O)N(C)C)C3)CC2)n1. The lowest BCUT2D eigenvalue weighted by Gasteiger charge is -2.35. The standard InChI is InChI=1S/C19H30N4O2S2/c1-13-12-26-18(20-13)27-16-8-6-15(7-9-16)21-17(24)14-5-4-10-23(11-14)19(25)22(2)3/h12,14-16H,4-11H2,1-3H3,(H,21,24).